The summed E-state index contributed by atoms with van der Waals surface area (Å²) >= 11 is 6.74. The first-order valence-electron chi connectivity index (χ1n) is 5.99. The molecule has 6 heteroatoms. The summed E-state index contributed by atoms with van der Waals surface area (Å²) in [4.78, 5) is 11.2. The number of hydrogen-bond acceptors (Lipinski definition) is 3. The van der Waals surface area contributed by atoms with Crippen LogP contribution in [0.2, 0.25) is 0 Å². The first kappa shape index (κ1) is 15.9. The fourth-order valence-electron chi connectivity index (χ4n) is 1.74. The second kappa shape index (κ2) is 6.95. The van der Waals surface area contributed by atoms with Gasteiger partial charge in [-0.25, -0.2) is 4.79 Å². The third-order valence-corrected chi connectivity index (χ3v) is 4.08. The van der Waals surface area contributed by atoms with E-state index < -0.39 is 5.97 Å². The molecule has 0 unspecified atom stereocenters. The summed E-state index contributed by atoms with van der Waals surface area (Å²) in [6.07, 6.45) is 0. The number of carboxylic acids is 1. The van der Waals surface area contributed by atoms with Crippen LogP contribution in [0.1, 0.15) is 15.9 Å². The molecule has 1 N–H and O–H groups in total. The van der Waals surface area contributed by atoms with Gasteiger partial charge in [0.1, 0.15) is 23.7 Å². The van der Waals surface area contributed by atoms with Crippen LogP contribution in [-0.4, -0.2) is 18.2 Å². The highest BCUT2D eigenvalue weighted by Crippen LogP contribution is 2.27. The van der Waals surface area contributed by atoms with Gasteiger partial charge in [-0.15, -0.1) is 0 Å². The van der Waals surface area contributed by atoms with E-state index in [0.717, 1.165) is 14.5 Å². The molecule has 0 aromatic heterocycles. The molecule has 2 aromatic carbocycles. The van der Waals surface area contributed by atoms with E-state index in [9.17, 15) is 4.79 Å². The van der Waals surface area contributed by atoms with E-state index in [1.165, 1.54) is 6.07 Å². The van der Waals surface area contributed by atoms with Crippen molar-refractivity contribution in [3.63, 3.8) is 0 Å². The minimum atomic E-state index is -1.03. The standard InChI is InChI=1S/C15H12Br2O4/c1-20-11-3-5-13(17)9(6-11)8-21-14-7-10(16)2-4-12(14)15(18)19/h2-7H,8H2,1H3,(H,18,19). The fraction of sp³-hybridized carbons (Fsp3) is 0.133. The van der Waals surface area contributed by atoms with Gasteiger partial charge in [0.15, 0.2) is 0 Å². The minimum absolute atomic E-state index is 0.122. The van der Waals surface area contributed by atoms with Crippen molar-refractivity contribution in [3.05, 3.63) is 56.5 Å². The Balaban J connectivity index is 2.24. The Morgan fingerprint density at radius 2 is 1.95 bits per heavy atom. The lowest BCUT2D eigenvalue weighted by atomic mass is 10.2. The Morgan fingerprint density at radius 3 is 2.62 bits per heavy atom. The van der Waals surface area contributed by atoms with Crippen molar-refractivity contribution < 1.29 is 19.4 Å². The molecule has 0 bridgehead atoms. The molecule has 0 aliphatic carbocycles. The number of methoxy groups -OCH3 is 1. The summed E-state index contributed by atoms with van der Waals surface area (Å²) in [5, 5.41) is 9.17. The average molecular weight is 416 g/mol. The van der Waals surface area contributed by atoms with Gasteiger partial charge in [0, 0.05) is 14.5 Å². The number of benzene rings is 2. The number of halogens is 2. The molecular formula is C15H12Br2O4. The molecule has 0 atom stereocenters. The second-order valence-electron chi connectivity index (χ2n) is 4.19. The molecular weight excluding hydrogens is 404 g/mol. The first-order chi connectivity index (χ1) is 10.0. The largest absolute Gasteiger partial charge is 0.497 e. The van der Waals surface area contributed by atoms with Gasteiger partial charge in [-0.05, 0) is 36.4 Å². The molecule has 0 saturated heterocycles. The summed E-state index contributed by atoms with van der Waals surface area (Å²) in [6.45, 7) is 0.231. The van der Waals surface area contributed by atoms with Crippen molar-refractivity contribution in [1.29, 1.82) is 0 Å². The number of hydrogen-bond donors (Lipinski definition) is 1. The third-order valence-electron chi connectivity index (χ3n) is 2.81. The van der Waals surface area contributed by atoms with Crippen LogP contribution in [0.15, 0.2) is 45.3 Å². The molecule has 21 heavy (non-hydrogen) atoms. The molecule has 0 spiro atoms. The summed E-state index contributed by atoms with van der Waals surface area (Å²) in [5.41, 5.74) is 0.989. The van der Waals surface area contributed by atoms with Crippen molar-refractivity contribution >= 4 is 37.8 Å². The van der Waals surface area contributed by atoms with Crippen LogP contribution in [0.4, 0.5) is 0 Å². The molecule has 110 valence electrons. The quantitative estimate of drug-likeness (QED) is 0.781. The highest BCUT2D eigenvalue weighted by atomic mass is 79.9. The van der Waals surface area contributed by atoms with Crippen LogP contribution in [0.5, 0.6) is 11.5 Å². The van der Waals surface area contributed by atoms with Gasteiger partial charge in [0.25, 0.3) is 0 Å². The van der Waals surface area contributed by atoms with Gasteiger partial charge in [-0.2, -0.15) is 0 Å². The van der Waals surface area contributed by atoms with E-state index >= 15 is 0 Å². The van der Waals surface area contributed by atoms with Gasteiger partial charge in [0.2, 0.25) is 0 Å². The fourth-order valence-corrected chi connectivity index (χ4v) is 2.44. The molecule has 2 aromatic rings. The lowest BCUT2D eigenvalue weighted by Crippen LogP contribution is -2.04. The number of rotatable bonds is 5. The normalized spacial score (nSPS) is 10.2. The van der Waals surface area contributed by atoms with Crippen molar-refractivity contribution in [2.24, 2.45) is 0 Å². The number of carboxylic acid groups (broad SMARTS) is 1. The Labute approximate surface area is 139 Å². The van der Waals surface area contributed by atoms with Crippen LogP contribution in [0.25, 0.3) is 0 Å². The van der Waals surface area contributed by atoms with Gasteiger partial charge in [-0.1, -0.05) is 31.9 Å². The molecule has 4 nitrogen and oxygen atoms in total. The van der Waals surface area contributed by atoms with E-state index in [1.807, 2.05) is 18.2 Å². The van der Waals surface area contributed by atoms with E-state index in [2.05, 4.69) is 31.9 Å². The van der Waals surface area contributed by atoms with Crippen LogP contribution in [0.3, 0.4) is 0 Å². The predicted molar refractivity (Wildman–Crippen MR) is 86.1 cm³/mol. The molecule has 0 fully saturated rings. The van der Waals surface area contributed by atoms with Crippen molar-refractivity contribution in [2.75, 3.05) is 7.11 Å². The number of ether oxygens (including phenoxy) is 2. The van der Waals surface area contributed by atoms with Crippen LogP contribution < -0.4 is 9.47 Å². The number of carbonyl (C=O) groups is 1. The lowest BCUT2D eigenvalue weighted by molar-refractivity contribution is 0.0691. The van der Waals surface area contributed by atoms with Crippen molar-refractivity contribution in [3.8, 4) is 11.5 Å². The van der Waals surface area contributed by atoms with Crippen LogP contribution in [-0.2, 0) is 6.61 Å². The Hall–Kier alpha value is -1.53. The summed E-state index contributed by atoms with van der Waals surface area (Å²) in [7, 11) is 1.59. The topological polar surface area (TPSA) is 55.8 Å². The monoisotopic (exact) mass is 414 g/mol. The molecule has 0 radical (unpaired) electrons. The molecule has 2 rings (SSSR count). The highest BCUT2D eigenvalue weighted by molar-refractivity contribution is 9.10. The maximum absolute atomic E-state index is 11.2. The maximum Gasteiger partial charge on any atom is 0.339 e. The second-order valence-corrected chi connectivity index (χ2v) is 5.96. The predicted octanol–water partition coefficient (Wildman–Crippen LogP) is 4.50. The smallest absolute Gasteiger partial charge is 0.339 e. The van der Waals surface area contributed by atoms with E-state index in [0.29, 0.717) is 11.5 Å². The Bertz CT molecular complexity index is 671. The van der Waals surface area contributed by atoms with Crippen LogP contribution in [0, 0.1) is 0 Å². The minimum Gasteiger partial charge on any atom is -0.497 e. The summed E-state index contributed by atoms with van der Waals surface area (Å²) in [5.74, 6) is -0.00157. The zero-order valence-electron chi connectivity index (χ0n) is 11.1. The average Bonchev–Trinajstić information content (AvgIpc) is 2.46. The lowest BCUT2D eigenvalue weighted by Gasteiger charge is -2.12. The molecule has 0 aliphatic heterocycles. The van der Waals surface area contributed by atoms with Gasteiger partial charge in [-0.3, -0.25) is 0 Å². The van der Waals surface area contributed by atoms with E-state index in [4.69, 9.17) is 14.6 Å². The summed E-state index contributed by atoms with van der Waals surface area (Å²) in [6, 6.07) is 10.3. The van der Waals surface area contributed by atoms with E-state index in [-0.39, 0.29) is 12.2 Å². The van der Waals surface area contributed by atoms with Gasteiger partial charge < -0.3 is 14.6 Å². The first-order valence-corrected chi connectivity index (χ1v) is 7.58. The van der Waals surface area contributed by atoms with Gasteiger partial charge in [0.05, 0.1) is 7.11 Å². The SMILES string of the molecule is COc1ccc(Br)c(COc2cc(Br)ccc2C(=O)O)c1. The van der Waals surface area contributed by atoms with Crippen molar-refractivity contribution in [2.45, 2.75) is 6.61 Å². The van der Waals surface area contributed by atoms with Crippen molar-refractivity contribution in [1.82, 2.24) is 0 Å². The highest BCUT2D eigenvalue weighted by Gasteiger charge is 2.12. The zero-order valence-corrected chi connectivity index (χ0v) is 14.3. The molecule has 0 saturated carbocycles. The van der Waals surface area contributed by atoms with Gasteiger partial charge >= 0.3 is 5.97 Å². The summed E-state index contributed by atoms with van der Waals surface area (Å²) < 4.78 is 12.4. The Kier molecular flexibility index (Phi) is 5.25. The molecule has 0 aliphatic rings. The third kappa shape index (κ3) is 3.98. The van der Waals surface area contributed by atoms with Crippen LogP contribution >= 0.6 is 31.9 Å². The molecule has 0 amide bonds. The molecule has 0 heterocycles. The maximum atomic E-state index is 11.2. The van der Waals surface area contributed by atoms with E-state index in [1.54, 1.807) is 19.2 Å². The number of aromatic carboxylic acids is 1. The zero-order chi connectivity index (χ0) is 15.4. The Morgan fingerprint density at radius 1 is 1.19 bits per heavy atom.